The van der Waals surface area contributed by atoms with Gasteiger partial charge in [0.2, 0.25) is 0 Å². The summed E-state index contributed by atoms with van der Waals surface area (Å²) in [6.07, 6.45) is 2.96. The van der Waals surface area contributed by atoms with E-state index in [0.29, 0.717) is 11.4 Å². The molecule has 29 heavy (non-hydrogen) atoms. The number of hydrogen-bond acceptors (Lipinski definition) is 5. The number of halogens is 1. The minimum Gasteiger partial charge on any atom is -0.339 e. The van der Waals surface area contributed by atoms with E-state index in [4.69, 9.17) is 4.84 Å². The van der Waals surface area contributed by atoms with E-state index >= 15 is 0 Å². The molecule has 3 rings (SSSR count). The molecule has 0 atom stereocenters. The third-order valence-electron chi connectivity index (χ3n) is 3.70. The van der Waals surface area contributed by atoms with Crippen molar-refractivity contribution >= 4 is 29.3 Å². The Labute approximate surface area is 166 Å². The molecule has 3 aromatic rings. The van der Waals surface area contributed by atoms with Crippen molar-refractivity contribution in [3.8, 4) is 0 Å². The van der Waals surface area contributed by atoms with Crippen molar-refractivity contribution in [2.45, 2.75) is 0 Å². The van der Waals surface area contributed by atoms with Gasteiger partial charge in [0.1, 0.15) is 5.82 Å². The summed E-state index contributed by atoms with van der Waals surface area (Å²) in [7, 11) is 0. The van der Waals surface area contributed by atoms with E-state index in [2.05, 4.69) is 15.7 Å². The summed E-state index contributed by atoms with van der Waals surface area (Å²) in [5.74, 6) is -1.56. The van der Waals surface area contributed by atoms with Crippen LogP contribution in [0.4, 0.5) is 15.8 Å². The largest absolute Gasteiger partial charge is 0.355 e. The Bertz CT molecular complexity index is 1030. The third-order valence-corrected chi connectivity index (χ3v) is 3.70. The van der Waals surface area contributed by atoms with Crippen LogP contribution in [0.15, 0.2) is 95.2 Å². The topological polar surface area (TPSA) is 80.1 Å². The summed E-state index contributed by atoms with van der Waals surface area (Å²) in [4.78, 5) is 28.5. The Morgan fingerprint density at radius 3 is 2.28 bits per heavy atom. The van der Waals surface area contributed by atoms with Crippen LogP contribution >= 0.6 is 0 Å². The number of benzene rings is 3. The molecule has 0 aliphatic carbocycles. The Hall–Kier alpha value is -4.13. The Morgan fingerprint density at radius 2 is 1.59 bits per heavy atom. The molecule has 0 aliphatic rings. The fourth-order valence-electron chi connectivity index (χ4n) is 2.22. The number of rotatable bonds is 6. The van der Waals surface area contributed by atoms with Gasteiger partial charge in [0.25, 0.3) is 5.91 Å². The van der Waals surface area contributed by atoms with Gasteiger partial charge in [-0.1, -0.05) is 30.3 Å². The van der Waals surface area contributed by atoms with Crippen LogP contribution < -0.4 is 5.48 Å². The zero-order chi connectivity index (χ0) is 20.5. The molecule has 0 aliphatic heterocycles. The molecule has 144 valence electrons. The molecule has 6 nitrogen and oxygen atoms in total. The maximum Gasteiger partial charge on any atom is 0.355 e. The number of nitrogens with one attached hydrogen (secondary N) is 1. The first-order valence-corrected chi connectivity index (χ1v) is 8.62. The monoisotopic (exact) mass is 389 g/mol. The van der Waals surface area contributed by atoms with E-state index in [0.717, 1.165) is 5.56 Å². The van der Waals surface area contributed by atoms with Crippen LogP contribution in [-0.2, 0) is 9.63 Å². The second-order valence-corrected chi connectivity index (χ2v) is 5.83. The average molecular weight is 389 g/mol. The van der Waals surface area contributed by atoms with E-state index in [1.54, 1.807) is 30.3 Å². The fourth-order valence-corrected chi connectivity index (χ4v) is 2.22. The van der Waals surface area contributed by atoms with Crippen molar-refractivity contribution in [2.75, 3.05) is 5.48 Å². The lowest BCUT2D eigenvalue weighted by atomic mass is 10.2. The molecule has 0 unspecified atom stereocenters. The van der Waals surface area contributed by atoms with Crippen LogP contribution in [0.3, 0.4) is 0 Å². The quantitative estimate of drug-likeness (QED) is 0.351. The van der Waals surface area contributed by atoms with Gasteiger partial charge in [0, 0.05) is 11.6 Å². The van der Waals surface area contributed by atoms with Crippen molar-refractivity contribution in [1.82, 2.24) is 0 Å². The first-order chi connectivity index (χ1) is 14.1. The SMILES string of the molecule is O=C(/C=C\c1ccccc1)ONc1ccc(N=NC(=O)c2ccc(F)cc2)cc1. The predicted octanol–water partition coefficient (Wildman–Crippen LogP) is 5.33. The Morgan fingerprint density at radius 1 is 0.897 bits per heavy atom. The second kappa shape index (κ2) is 9.70. The zero-order valence-electron chi connectivity index (χ0n) is 15.2. The normalized spacial score (nSPS) is 10.9. The van der Waals surface area contributed by atoms with Crippen molar-refractivity contribution in [1.29, 1.82) is 0 Å². The summed E-state index contributed by atoms with van der Waals surface area (Å²) in [5, 5.41) is 7.44. The van der Waals surface area contributed by atoms with Crippen molar-refractivity contribution in [2.24, 2.45) is 10.2 Å². The van der Waals surface area contributed by atoms with E-state index in [1.807, 2.05) is 30.3 Å². The molecule has 0 saturated carbocycles. The van der Waals surface area contributed by atoms with Gasteiger partial charge in [-0.2, -0.15) is 0 Å². The number of carbonyl (C=O) groups is 2. The maximum absolute atomic E-state index is 12.9. The number of nitrogens with zero attached hydrogens (tertiary/aromatic N) is 2. The van der Waals surface area contributed by atoms with Gasteiger partial charge in [-0.25, -0.2) is 14.7 Å². The van der Waals surface area contributed by atoms with Gasteiger partial charge in [0.15, 0.2) is 0 Å². The van der Waals surface area contributed by atoms with Crippen molar-refractivity contribution in [3.05, 3.63) is 102 Å². The molecule has 7 heteroatoms. The molecule has 0 heterocycles. The van der Waals surface area contributed by atoms with Crippen molar-refractivity contribution in [3.63, 3.8) is 0 Å². The fraction of sp³-hybridized carbons (Fsp3) is 0. The molecular weight excluding hydrogens is 373 g/mol. The van der Waals surface area contributed by atoms with Crippen LogP contribution in [0.5, 0.6) is 0 Å². The van der Waals surface area contributed by atoms with Crippen LogP contribution in [0.2, 0.25) is 0 Å². The zero-order valence-corrected chi connectivity index (χ0v) is 15.2. The summed E-state index contributed by atoms with van der Waals surface area (Å²) in [6, 6.07) is 20.8. The molecule has 1 N–H and O–H groups in total. The number of anilines is 1. The van der Waals surface area contributed by atoms with E-state index in [-0.39, 0.29) is 5.56 Å². The summed E-state index contributed by atoms with van der Waals surface area (Å²) >= 11 is 0. The number of carbonyl (C=O) groups excluding carboxylic acids is 2. The van der Waals surface area contributed by atoms with Crippen LogP contribution in [-0.4, -0.2) is 11.9 Å². The molecular formula is C22H16FN3O3. The highest BCUT2D eigenvalue weighted by molar-refractivity contribution is 5.94. The van der Waals surface area contributed by atoms with Crippen molar-refractivity contribution < 1.29 is 18.8 Å². The molecule has 0 aromatic heterocycles. The molecule has 0 radical (unpaired) electrons. The summed E-state index contributed by atoms with van der Waals surface area (Å²) in [6.45, 7) is 0. The van der Waals surface area contributed by atoms with E-state index in [1.165, 1.54) is 30.3 Å². The Balaban J connectivity index is 1.50. The van der Waals surface area contributed by atoms with E-state index < -0.39 is 17.7 Å². The van der Waals surface area contributed by atoms with Crippen LogP contribution in [0.1, 0.15) is 15.9 Å². The highest BCUT2D eigenvalue weighted by Gasteiger charge is 2.04. The standard InChI is InChI=1S/C22H16FN3O3/c23-18-9-7-17(8-10-18)22(28)25-24-19-11-13-20(14-12-19)26-29-21(27)15-6-16-4-2-1-3-5-16/h1-15,26H/b15-6-,25-24?. The first kappa shape index (κ1) is 19.6. The first-order valence-electron chi connectivity index (χ1n) is 8.62. The summed E-state index contributed by atoms with van der Waals surface area (Å²) < 4.78 is 12.9. The molecule has 3 aromatic carbocycles. The number of amides is 1. The van der Waals surface area contributed by atoms with Gasteiger partial charge < -0.3 is 4.84 Å². The van der Waals surface area contributed by atoms with Gasteiger partial charge >= 0.3 is 5.97 Å². The molecule has 1 amide bonds. The predicted molar refractivity (Wildman–Crippen MR) is 107 cm³/mol. The molecule has 0 saturated heterocycles. The van der Waals surface area contributed by atoms with Gasteiger partial charge in [-0.15, -0.1) is 10.2 Å². The number of hydrogen-bond donors (Lipinski definition) is 1. The van der Waals surface area contributed by atoms with Gasteiger partial charge in [0.05, 0.1) is 11.4 Å². The lowest BCUT2D eigenvalue weighted by Crippen LogP contribution is -2.07. The highest BCUT2D eigenvalue weighted by atomic mass is 19.1. The minimum absolute atomic E-state index is 0.240. The summed E-state index contributed by atoms with van der Waals surface area (Å²) in [5.41, 5.74) is 4.61. The average Bonchev–Trinajstić information content (AvgIpc) is 2.76. The van der Waals surface area contributed by atoms with Crippen LogP contribution in [0, 0.1) is 5.82 Å². The van der Waals surface area contributed by atoms with Gasteiger partial charge in [-0.3, -0.25) is 4.79 Å². The Kier molecular flexibility index (Phi) is 6.57. The molecule has 0 spiro atoms. The maximum atomic E-state index is 12.9. The van der Waals surface area contributed by atoms with E-state index in [9.17, 15) is 14.0 Å². The minimum atomic E-state index is -0.577. The third kappa shape index (κ3) is 6.21. The molecule has 0 fully saturated rings. The highest BCUT2D eigenvalue weighted by Crippen LogP contribution is 2.17. The van der Waals surface area contributed by atoms with Gasteiger partial charge in [-0.05, 0) is 60.2 Å². The lowest BCUT2D eigenvalue weighted by Gasteiger charge is -2.04. The molecule has 0 bridgehead atoms. The second-order valence-electron chi connectivity index (χ2n) is 5.83. The lowest BCUT2D eigenvalue weighted by molar-refractivity contribution is -0.134. The van der Waals surface area contributed by atoms with Crippen LogP contribution in [0.25, 0.3) is 6.08 Å². The smallest absolute Gasteiger partial charge is 0.339 e. The number of azo groups is 1.